The van der Waals surface area contributed by atoms with Crippen LogP contribution in [0.15, 0.2) is 61.2 Å². The van der Waals surface area contributed by atoms with Crippen molar-refractivity contribution in [2.75, 3.05) is 0 Å². The van der Waals surface area contributed by atoms with Crippen LogP contribution in [0.25, 0.3) is 0 Å². The third-order valence-electron chi connectivity index (χ3n) is 3.42. The predicted molar refractivity (Wildman–Crippen MR) is 95.1 cm³/mol. The first-order valence-electron chi connectivity index (χ1n) is 7.15. The van der Waals surface area contributed by atoms with Crippen LogP contribution in [0.1, 0.15) is 15.9 Å². The van der Waals surface area contributed by atoms with Crippen LogP contribution in [0.5, 0.6) is 0 Å². The summed E-state index contributed by atoms with van der Waals surface area (Å²) in [5.74, 6) is 0. The monoisotopic (exact) mass is 411 g/mol. The van der Waals surface area contributed by atoms with E-state index in [0.717, 1.165) is 22.5 Å². The first kappa shape index (κ1) is 16.5. The number of halogens is 2. The van der Waals surface area contributed by atoms with Gasteiger partial charge in [-0.1, -0.05) is 0 Å². The quantitative estimate of drug-likeness (QED) is 0.569. The van der Waals surface area contributed by atoms with Gasteiger partial charge in [0, 0.05) is 0 Å². The van der Waals surface area contributed by atoms with E-state index in [4.69, 9.17) is 23.2 Å². The van der Waals surface area contributed by atoms with Gasteiger partial charge in [-0.25, -0.2) is 0 Å². The number of aromatic nitrogens is 3. The van der Waals surface area contributed by atoms with Crippen LogP contribution < -0.4 is 0 Å². The predicted octanol–water partition coefficient (Wildman–Crippen LogP) is 4.23. The SMILES string of the molecule is Clc1ccc(C(Cn2cncn2)[Se]Cc2ccccc2)c(Cl)c1. The van der Waals surface area contributed by atoms with E-state index in [0.29, 0.717) is 24.8 Å². The number of hydrogen-bond acceptors (Lipinski definition) is 2. The average Bonchev–Trinajstić information content (AvgIpc) is 3.06. The van der Waals surface area contributed by atoms with Crippen molar-refractivity contribution in [2.24, 2.45) is 0 Å². The summed E-state index contributed by atoms with van der Waals surface area (Å²) >= 11 is 12.8. The molecule has 0 amide bonds. The summed E-state index contributed by atoms with van der Waals surface area (Å²) in [6.07, 6.45) is 3.31. The van der Waals surface area contributed by atoms with Crippen LogP contribution in [-0.4, -0.2) is 29.7 Å². The van der Waals surface area contributed by atoms with E-state index < -0.39 is 0 Å². The molecule has 0 radical (unpaired) electrons. The molecule has 1 unspecified atom stereocenters. The Balaban J connectivity index is 1.81. The Labute approximate surface area is 151 Å². The van der Waals surface area contributed by atoms with Gasteiger partial charge in [-0.05, 0) is 0 Å². The van der Waals surface area contributed by atoms with Crippen molar-refractivity contribution in [3.63, 3.8) is 0 Å². The molecule has 0 bridgehead atoms. The van der Waals surface area contributed by atoms with Crippen molar-refractivity contribution in [1.29, 1.82) is 0 Å². The Hall–Kier alpha value is -1.32. The molecular formula is C17H15Cl2N3Se. The van der Waals surface area contributed by atoms with Crippen molar-refractivity contribution in [3.05, 3.63) is 82.4 Å². The van der Waals surface area contributed by atoms with Crippen LogP contribution in [0, 0.1) is 0 Å². The molecule has 0 N–H and O–H groups in total. The Bertz CT molecular complexity index is 748. The second kappa shape index (κ2) is 7.98. The summed E-state index contributed by atoms with van der Waals surface area (Å²) < 4.78 is 1.86. The molecule has 118 valence electrons. The van der Waals surface area contributed by atoms with Crippen molar-refractivity contribution in [2.45, 2.75) is 16.7 Å². The van der Waals surface area contributed by atoms with Gasteiger partial charge in [-0.15, -0.1) is 0 Å². The van der Waals surface area contributed by atoms with E-state index in [2.05, 4.69) is 34.3 Å². The standard InChI is InChI=1S/C17H15Cl2N3Se/c18-14-6-7-15(16(19)8-14)17(9-22-12-20-11-21-22)23-10-13-4-2-1-3-5-13/h1-8,11-12,17H,9-10H2. The van der Waals surface area contributed by atoms with Gasteiger partial charge in [0.1, 0.15) is 0 Å². The molecule has 3 aromatic rings. The molecule has 3 nitrogen and oxygen atoms in total. The van der Waals surface area contributed by atoms with Gasteiger partial charge >= 0.3 is 152 Å². The van der Waals surface area contributed by atoms with Crippen LogP contribution in [0.4, 0.5) is 0 Å². The topological polar surface area (TPSA) is 30.7 Å². The average molecular weight is 411 g/mol. The molecule has 0 saturated heterocycles. The molecule has 2 aromatic carbocycles. The molecule has 0 aliphatic carbocycles. The van der Waals surface area contributed by atoms with Crippen LogP contribution >= 0.6 is 23.2 Å². The fourth-order valence-corrected chi connectivity index (χ4v) is 5.54. The second-order valence-electron chi connectivity index (χ2n) is 5.07. The fraction of sp³-hybridized carbons (Fsp3) is 0.176. The van der Waals surface area contributed by atoms with E-state index in [9.17, 15) is 0 Å². The molecule has 0 aliphatic heterocycles. The van der Waals surface area contributed by atoms with Gasteiger partial charge in [-0.3, -0.25) is 0 Å². The molecule has 0 saturated carbocycles. The Kier molecular flexibility index (Phi) is 5.74. The van der Waals surface area contributed by atoms with Gasteiger partial charge in [0.25, 0.3) is 0 Å². The van der Waals surface area contributed by atoms with Gasteiger partial charge in [0.05, 0.1) is 0 Å². The minimum atomic E-state index is 0.314. The number of benzene rings is 2. The molecule has 0 aliphatic rings. The normalized spacial score (nSPS) is 12.3. The van der Waals surface area contributed by atoms with Crippen molar-refractivity contribution in [3.8, 4) is 0 Å². The van der Waals surface area contributed by atoms with Gasteiger partial charge < -0.3 is 0 Å². The van der Waals surface area contributed by atoms with Crippen LogP contribution in [0.3, 0.4) is 0 Å². The van der Waals surface area contributed by atoms with Crippen LogP contribution in [-0.2, 0) is 11.9 Å². The summed E-state index contributed by atoms with van der Waals surface area (Å²) in [6, 6.07) is 16.3. The van der Waals surface area contributed by atoms with Gasteiger partial charge in [0.15, 0.2) is 0 Å². The molecule has 1 heterocycles. The molecule has 0 fully saturated rings. The maximum atomic E-state index is 6.43. The van der Waals surface area contributed by atoms with Crippen molar-refractivity contribution >= 4 is 38.2 Å². The Morgan fingerprint density at radius 1 is 1.09 bits per heavy atom. The van der Waals surface area contributed by atoms with Crippen LogP contribution in [0.2, 0.25) is 10.0 Å². The summed E-state index contributed by atoms with van der Waals surface area (Å²) in [5.41, 5.74) is 2.48. The third kappa shape index (κ3) is 4.58. The van der Waals surface area contributed by atoms with E-state index >= 15 is 0 Å². The molecule has 23 heavy (non-hydrogen) atoms. The molecule has 0 spiro atoms. The zero-order valence-corrected chi connectivity index (χ0v) is 15.5. The van der Waals surface area contributed by atoms with E-state index in [-0.39, 0.29) is 0 Å². The fourth-order valence-electron chi connectivity index (χ4n) is 2.27. The number of rotatable bonds is 6. The van der Waals surface area contributed by atoms with E-state index in [1.54, 1.807) is 12.7 Å². The second-order valence-corrected chi connectivity index (χ2v) is 8.41. The summed E-state index contributed by atoms with van der Waals surface area (Å²) in [5, 5.41) is 6.66. The van der Waals surface area contributed by atoms with Gasteiger partial charge in [-0.2, -0.15) is 0 Å². The van der Waals surface area contributed by atoms with E-state index in [1.807, 2.05) is 28.9 Å². The zero-order chi connectivity index (χ0) is 16.1. The first-order valence-corrected chi connectivity index (χ1v) is 10.1. The molecule has 3 rings (SSSR count). The zero-order valence-electron chi connectivity index (χ0n) is 12.3. The van der Waals surface area contributed by atoms with Crippen molar-refractivity contribution in [1.82, 2.24) is 14.8 Å². The van der Waals surface area contributed by atoms with Gasteiger partial charge in [0.2, 0.25) is 0 Å². The Morgan fingerprint density at radius 3 is 2.61 bits per heavy atom. The molecule has 1 aromatic heterocycles. The van der Waals surface area contributed by atoms with Crippen molar-refractivity contribution < 1.29 is 0 Å². The summed E-state index contributed by atoms with van der Waals surface area (Å²) in [6.45, 7) is 0.772. The number of hydrogen-bond donors (Lipinski definition) is 0. The third-order valence-corrected chi connectivity index (χ3v) is 6.72. The molecule has 1 atom stereocenters. The first-order chi connectivity index (χ1) is 11.2. The Morgan fingerprint density at radius 2 is 1.91 bits per heavy atom. The van der Waals surface area contributed by atoms with E-state index in [1.165, 1.54) is 5.56 Å². The summed E-state index contributed by atoms with van der Waals surface area (Å²) in [4.78, 5) is 4.34. The minimum absolute atomic E-state index is 0.314. The maximum absolute atomic E-state index is 6.43. The summed E-state index contributed by atoms with van der Waals surface area (Å²) in [7, 11) is 0. The molecular weight excluding hydrogens is 396 g/mol. The molecule has 6 heteroatoms. The number of nitrogens with zero attached hydrogens (tertiary/aromatic N) is 3.